The average molecular weight is 280 g/mol. The van der Waals surface area contributed by atoms with Gasteiger partial charge in [-0.15, -0.1) is 0 Å². The molecule has 20 heavy (non-hydrogen) atoms. The standard InChI is InChI=1S/C16H28N2O2/c1-16(2,3)13(9-10-17)7-8-15(19)18(4)12-14-6-5-11-20-14/h5-6,11,13H,7-10,12,17H2,1-4H3. The molecule has 0 aliphatic rings. The van der Waals surface area contributed by atoms with E-state index in [4.69, 9.17) is 10.2 Å². The van der Waals surface area contributed by atoms with E-state index in [1.54, 1.807) is 11.2 Å². The molecule has 0 aliphatic heterocycles. The van der Waals surface area contributed by atoms with E-state index < -0.39 is 0 Å². The van der Waals surface area contributed by atoms with Gasteiger partial charge in [-0.3, -0.25) is 4.79 Å². The van der Waals surface area contributed by atoms with E-state index >= 15 is 0 Å². The number of carbonyl (C=O) groups excluding carboxylic acids is 1. The first kappa shape index (κ1) is 16.8. The van der Waals surface area contributed by atoms with Crippen LogP contribution in [0.25, 0.3) is 0 Å². The highest BCUT2D eigenvalue weighted by Crippen LogP contribution is 2.32. The van der Waals surface area contributed by atoms with Gasteiger partial charge in [0, 0.05) is 13.5 Å². The molecule has 4 nitrogen and oxygen atoms in total. The van der Waals surface area contributed by atoms with Crippen LogP contribution in [0.4, 0.5) is 0 Å². The first-order valence-electron chi connectivity index (χ1n) is 7.31. The fourth-order valence-corrected chi connectivity index (χ4v) is 2.42. The zero-order valence-electron chi connectivity index (χ0n) is 13.2. The van der Waals surface area contributed by atoms with Crippen LogP contribution in [0.1, 0.15) is 45.8 Å². The molecule has 0 aliphatic carbocycles. The van der Waals surface area contributed by atoms with Gasteiger partial charge in [-0.05, 0) is 42.9 Å². The van der Waals surface area contributed by atoms with Gasteiger partial charge < -0.3 is 15.1 Å². The van der Waals surface area contributed by atoms with Crippen molar-refractivity contribution in [2.24, 2.45) is 17.1 Å². The van der Waals surface area contributed by atoms with E-state index in [1.807, 2.05) is 19.2 Å². The maximum Gasteiger partial charge on any atom is 0.222 e. The molecule has 1 unspecified atom stereocenters. The summed E-state index contributed by atoms with van der Waals surface area (Å²) in [6.07, 6.45) is 4.06. The second-order valence-corrected chi connectivity index (χ2v) is 6.51. The number of furan rings is 1. The van der Waals surface area contributed by atoms with Crippen LogP contribution in [0, 0.1) is 11.3 Å². The molecule has 2 N–H and O–H groups in total. The Morgan fingerprint density at radius 3 is 2.60 bits per heavy atom. The molecule has 1 amide bonds. The molecule has 1 aromatic heterocycles. The molecule has 114 valence electrons. The van der Waals surface area contributed by atoms with Gasteiger partial charge in [0.05, 0.1) is 12.8 Å². The average Bonchev–Trinajstić information content (AvgIpc) is 2.85. The summed E-state index contributed by atoms with van der Waals surface area (Å²) in [7, 11) is 1.82. The zero-order chi connectivity index (χ0) is 15.2. The lowest BCUT2D eigenvalue weighted by Gasteiger charge is -2.31. The monoisotopic (exact) mass is 280 g/mol. The van der Waals surface area contributed by atoms with Crippen LogP contribution in [0.3, 0.4) is 0 Å². The summed E-state index contributed by atoms with van der Waals surface area (Å²) in [5.41, 5.74) is 5.87. The third kappa shape index (κ3) is 5.37. The number of hydrogen-bond acceptors (Lipinski definition) is 3. The third-order valence-corrected chi connectivity index (χ3v) is 3.85. The number of nitrogens with zero attached hydrogens (tertiary/aromatic N) is 1. The Bertz CT molecular complexity index is 393. The molecule has 0 fully saturated rings. The minimum atomic E-state index is 0.160. The third-order valence-electron chi connectivity index (χ3n) is 3.85. The maximum atomic E-state index is 12.2. The van der Waals surface area contributed by atoms with Crippen molar-refractivity contribution in [1.82, 2.24) is 4.90 Å². The predicted molar refractivity (Wildman–Crippen MR) is 81.0 cm³/mol. The molecule has 0 aromatic carbocycles. The summed E-state index contributed by atoms with van der Waals surface area (Å²) in [6.45, 7) is 7.85. The van der Waals surface area contributed by atoms with Crippen molar-refractivity contribution in [2.45, 2.75) is 46.6 Å². The van der Waals surface area contributed by atoms with Gasteiger partial charge >= 0.3 is 0 Å². The van der Waals surface area contributed by atoms with Crippen molar-refractivity contribution in [3.8, 4) is 0 Å². The molecule has 0 saturated carbocycles. The fraction of sp³-hybridized carbons (Fsp3) is 0.688. The van der Waals surface area contributed by atoms with Crippen LogP contribution >= 0.6 is 0 Å². The van der Waals surface area contributed by atoms with Crippen LogP contribution in [-0.4, -0.2) is 24.4 Å². The minimum absolute atomic E-state index is 0.160. The lowest BCUT2D eigenvalue weighted by Crippen LogP contribution is -2.29. The number of carbonyl (C=O) groups is 1. The largest absolute Gasteiger partial charge is 0.467 e. The Balaban J connectivity index is 2.44. The molecular weight excluding hydrogens is 252 g/mol. The summed E-state index contributed by atoms with van der Waals surface area (Å²) in [5, 5.41) is 0. The molecule has 1 heterocycles. The Hall–Kier alpha value is -1.29. The SMILES string of the molecule is CN(Cc1ccco1)C(=O)CCC(CCN)C(C)(C)C. The van der Waals surface area contributed by atoms with Crippen LogP contribution < -0.4 is 5.73 Å². The highest BCUT2D eigenvalue weighted by molar-refractivity contribution is 5.75. The van der Waals surface area contributed by atoms with Crippen molar-refractivity contribution in [3.63, 3.8) is 0 Å². The van der Waals surface area contributed by atoms with Crippen LogP contribution in [0.5, 0.6) is 0 Å². The van der Waals surface area contributed by atoms with Crippen molar-refractivity contribution < 1.29 is 9.21 Å². The Labute approximate surface area is 122 Å². The molecule has 1 rings (SSSR count). The Kier molecular flexibility index (Phi) is 6.27. The van der Waals surface area contributed by atoms with Crippen LogP contribution in [0.15, 0.2) is 22.8 Å². The molecule has 0 saturated heterocycles. The maximum absolute atomic E-state index is 12.2. The van der Waals surface area contributed by atoms with Crippen molar-refractivity contribution >= 4 is 5.91 Å². The zero-order valence-corrected chi connectivity index (χ0v) is 13.2. The van der Waals surface area contributed by atoms with E-state index in [0.29, 0.717) is 25.4 Å². The van der Waals surface area contributed by atoms with Gasteiger partial charge in [0.1, 0.15) is 5.76 Å². The smallest absolute Gasteiger partial charge is 0.222 e. The number of nitrogens with two attached hydrogens (primary N) is 1. The van der Waals surface area contributed by atoms with Gasteiger partial charge in [-0.25, -0.2) is 0 Å². The quantitative estimate of drug-likeness (QED) is 0.835. The predicted octanol–water partition coefficient (Wildman–Crippen LogP) is 3.03. The lowest BCUT2D eigenvalue weighted by molar-refractivity contribution is -0.131. The molecule has 0 radical (unpaired) electrons. The van der Waals surface area contributed by atoms with Crippen LogP contribution in [0.2, 0.25) is 0 Å². The molecule has 4 heteroatoms. The van der Waals surface area contributed by atoms with Gasteiger partial charge in [0.25, 0.3) is 0 Å². The first-order chi connectivity index (χ1) is 9.34. The van der Waals surface area contributed by atoms with E-state index in [1.165, 1.54) is 0 Å². The molecule has 0 spiro atoms. The Morgan fingerprint density at radius 1 is 1.40 bits per heavy atom. The topological polar surface area (TPSA) is 59.5 Å². The second kappa shape index (κ2) is 7.48. The van der Waals surface area contributed by atoms with Crippen LogP contribution in [-0.2, 0) is 11.3 Å². The molecule has 1 atom stereocenters. The minimum Gasteiger partial charge on any atom is -0.467 e. The summed E-state index contributed by atoms with van der Waals surface area (Å²) in [5.74, 6) is 1.45. The molecular formula is C16H28N2O2. The fourth-order valence-electron chi connectivity index (χ4n) is 2.42. The first-order valence-corrected chi connectivity index (χ1v) is 7.31. The van der Waals surface area contributed by atoms with Crippen molar-refractivity contribution in [1.29, 1.82) is 0 Å². The molecule has 0 bridgehead atoms. The summed E-state index contributed by atoms with van der Waals surface area (Å²) in [4.78, 5) is 13.9. The summed E-state index contributed by atoms with van der Waals surface area (Å²) in [6, 6.07) is 3.72. The summed E-state index contributed by atoms with van der Waals surface area (Å²) < 4.78 is 5.26. The van der Waals surface area contributed by atoms with E-state index in [9.17, 15) is 4.79 Å². The van der Waals surface area contributed by atoms with Crippen molar-refractivity contribution in [2.75, 3.05) is 13.6 Å². The van der Waals surface area contributed by atoms with Gasteiger partial charge in [-0.2, -0.15) is 0 Å². The van der Waals surface area contributed by atoms with Crippen molar-refractivity contribution in [3.05, 3.63) is 24.2 Å². The molecule has 1 aromatic rings. The van der Waals surface area contributed by atoms with Gasteiger partial charge in [0.15, 0.2) is 0 Å². The lowest BCUT2D eigenvalue weighted by atomic mass is 9.76. The number of amides is 1. The van der Waals surface area contributed by atoms with Gasteiger partial charge in [0.2, 0.25) is 5.91 Å². The highest BCUT2D eigenvalue weighted by atomic mass is 16.3. The Morgan fingerprint density at radius 2 is 2.10 bits per heavy atom. The second-order valence-electron chi connectivity index (χ2n) is 6.51. The van der Waals surface area contributed by atoms with E-state index in [0.717, 1.165) is 18.6 Å². The number of rotatable bonds is 7. The van der Waals surface area contributed by atoms with E-state index in [2.05, 4.69) is 20.8 Å². The number of hydrogen-bond donors (Lipinski definition) is 1. The van der Waals surface area contributed by atoms with Gasteiger partial charge in [-0.1, -0.05) is 20.8 Å². The highest BCUT2D eigenvalue weighted by Gasteiger charge is 2.25. The normalized spacial score (nSPS) is 13.2. The summed E-state index contributed by atoms with van der Waals surface area (Å²) >= 11 is 0. The van der Waals surface area contributed by atoms with E-state index in [-0.39, 0.29) is 11.3 Å².